The van der Waals surface area contributed by atoms with E-state index in [1.54, 1.807) is 12.1 Å². The standard InChI is InChI=1S/C23H27FN4O/c1-15(2)22(18-10-12-19(24)13-11-18)25-14-21(29)26-23-16(3)27-28(17(23)4)20-8-6-5-7-9-20/h5-13,15,22,25H,14H2,1-4H3,(H,26,29)/p+1/t22-/m0/s1. The first kappa shape index (κ1) is 20.7. The van der Waals surface area contributed by atoms with Crippen molar-refractivity contribution in [1.82, 2.24) is 9.78 Å². The summed E-state index contributed by atoms with van der Waals surface area (Å²) in [5, 5.41) is 9.58. The molecule has 6 heteroatoms. The Bertz CT molecular complexity index is 965. The first-order valence-corrected chi connectivity index (χ1v) is 9.87. The first-order valence-electron chi connectivity index (χ1n) is 9.87. The Labute approximate surface area is 170 Å². The zero-order chi connectivity index (χ0) is 21.0. The lowest BCUT2D eigenvalue weighted by atomic mass is 9.96. The number of aromatic nitrogens is 2. The minimum absolute atomic E-state index is 0.0792. The number of nitrogens with zero attached hydrogens (tertiary/aromatic N) is 2. The summed E-state index contributed by atoms with van der Waals surface area (Å²) < 4.78 is 15.1. The minimum Gasteiger partial charge on any atom is -0.332 e. The number of aryl methyl sites for hydroxylation is 1. The highest BCUT2D eigenvalue weighted by Gasteiger charge is 2.22. The Morgan fingerprint density at radius 3 is 2.38 bits per heavy atom. The third kappa shape index (κ3) is 4.90. The van der Waals surface area contributed by atoms with Gasteiger partial charge in [-0.1, -0.05) is 44.2 Å². The number of nitrogens with two attached hydrogens (primary N) is 1. The maximum absolute atomic E-state index is 13.2. The maximum atomic E-state index is 13.2. The maximum Gasteiger partial charge on any atom is 0.279 e. The van der Waals surface area contributed by atoms with Crippen LogP contribution in [0.5, 0.6) is 0 Å². The number of anilines is 1. The first-order chi connectivity index (χ1) is 13.9. The molecule has 1 aromatic heterocycles. The summed E-state index contributed by atoms with van der Waals surface area (Å²) >= 11 is 0. The lowest BCUT2D eigenvalue weighted by molar-refractivity contribution is -0.692. The summed E-state index contributed by atoms with van der Waals surface area (Å²) in [6.07, 6.45) is 0. The third-order valence-electron chi connectivity index (χ3n) is 5.09. The van der Waals surface area contributed by atoms with Crippen LogP contribution in [0.15, 0.2) is 54.6 Å². The Hall–Kier alpha value is -2.99. The van der Waals surface area contributed by atoms with Crippen molar-refractivity contribution < 1.29 is 14.5 Å². The summed E-state index contributed by atoms with van der Waals surface area (Å²) in [5.41, 5.74) is 4.38. The van der Waals surface area contributed by atoms with Crippen LogP contribution in [-0.4, -0.2) is 22.2 Å². The van der Waals surface area contributed by atoms with Crippen LogP contribution in [0.2, 0.25) is 0 Å². The smallest absolute Gasteiger partial charge is 0.279 e. The van der Waals surface area contributed by atoms with Gasteiger partial charge in [0.25, 0.3) is 5.91 Å². The number of quaternary nitrogens is 1. The van der Waals surface area contributed by atoms with Crippen LogP contribution in [0.1, 0.15) is 36.8 Å². The molecule has 0 aliphatic heterocycles. The molecule has 1 heterocycles. The number of carbonyl (C=O) groups excluding carboxylic acids is 1. The van der Waals surface area contributed by atoms with E-state index in [1.165, 1.54) is 12.1 Å². The average molecular weight is 396 g/mol. The van der Waals surface area contributed by atoms with Crippen molar-refractivity contribution in [3.8, 4) is 5.69 Å². The molecule has 0 saturated carbocycles. The second-order valence-electron chi connectivity index (χ2n) is 7.60. The molecule has 0 unspecified atom stereocenters. The van der Waals surface area contributed by atoms with Gasteiger partial charge >= 0.3 is 0 Å². The van der Waals surface area contributed by atoms with Crippen LogP contribution >= 0.6 is 0 Å². The molecule has 0 spiro atoms. The van der Waals surface area contributed by atoms with Crippen LogP contribution in [0.4, 0.5) is 10.1 Å². The summed E-state index contributed by atoms with van der Waals surface area (Å²) in [4.78, 5) is 12.6. The molecule has 0 fully saturated rings. The van der Waals surface area contributed by atoms with E-state index in [9.17, 15) is 9.18 Å². The van der Waals surface area contributed by atoms with E-state index < -0.39 is 0 Å². The highest BCUT2D eigenvalue weighted by molar-refractivity contribution is 5.92. The summed E-state index contributed by atoms with van der Waals surface area (Å²) in [7, 11) is 0. The molecular weight excluding hydrogens is 367 g/mol. The molecule has 2 aromatic carbocycles. The molecule has 3 aromatic rings. The molecule has 0 bridgehead atoms. The number of carbonyl (C=O) groups is 1. The predicted octanol–water partition coefficient (Wildman–Crippen LogP) is 3.53. The molecule has 5 nitrogen and oxygen atoms in total. The Morgan fingerprint density at radius 1 is 1.10 bits per heavy atom. The lowest BCUT2D eigenvalue weighted by Gasteiger charge is -2.19. The molecule has 1 atom stereocenters. The van der Waals surface area contributed by atoms with Crippen LogP contribution in [0.3, 0.4) is 0 Å². The summed E-state index contributed by atoms with van der Waals surface area (Å²) in [6.45, 7) is 8.31. The second-order valence-corrected chi connectivity index (χ2v) is 7.60. The van der Waals surface area contributed by atoms with Gasteiger partial charge in [-0.15, -0.1) is 0 Å². The Morgan fingerprint density at radius 2 is 1.76 bits per heavy atom. The Kier molecular flexibility index (Phi) is 6.44. The molecule has 1 amide bonds. The van der Waals surface area contributed by atoms with Gasteiger partial charge in [-0.3, -0.25) is 4.79 Å². The SMILES string of the molecule is Cc1nn(-c2ccccc2)c(C)c1NC(=O)C[NH2+][C@H](c1ccc(F)cc1)C(C)C. The van der Waals surface area contributed by atoms with Crippen molar-refractivity contribution in [1.29, 1.82) is 0 Å². The van der Waals surface area contributed by atoms with Gasteiger partial charge in [0.1, 0.15) is 11.9 Å². The van der Waals surface area contributed by atoms with Gasteiger partial charge in [-0.25, -0.2) is 9.07 Å². The van der Waals surface area contributed by atoms with E-state index in [0.717, 1.165) is 28.3 Å². The van der Waals surface area contributed by atoms with Crippen LogP contribution < -0.4 is 10.6 Å². The fourth-order valence-corrected chi connectivity index (χ4v) is 3.55. The second kappa shape index (κ2) is 9.01. The number of para-hydroxylation sites is 1. The van der Waals surface area contributed by atoms with Gasteiger partial charge in [-0.05, 0) is 38.1 Å². The van der Waals surface area contributed by atoms with E-state index >= 15 is 0 Å². The normalized spacial score (nSPS) is 12.2. The zero-order valence-corrected chi connectivity index (χ0v) is 17.3. The zero-order valence-electron chi connectivity index (χ0n) is 17.3. The number of halogens is 1. The molecule has 3 rings (SSSR count). The van der Waals surface area contributed by atoms with E-state index in [2.05, 4.69) is 24.3 Å². The average Bonchev–Trinajstić information content (AvgIpc) is 2.98. The van der Waals surface area contributed by atoms with Crippen molar-refractivity contribution in [3.63, 3.8) is 0 Å². The number of benzene rings is 2. The van der Waals surface area contributed by atoms with Crippen LogP contribution in [-0.2, 0) is 4.79 Å². The van der Waals surface area contributed by atoms with E-state index in [-0.39, 0.29) is 24.3 Å². The van der Waals surface area contributed by atoms with Crippen molar-refractivity contribution >= 4 is 11.6 Å². The Balaban J connectivity index is 1.69. The van der Waals surface area contributed by atoms with Gasteiger partial charge in [-0.2, -0.15) is 5.10 Å². The summed E-state index contributed by atoms with van der Waals surface area (Å²) in [6, 6.07) is 16.4. The highest BCUT2D eigenvalue weighted by atomic mass is 19.1. The lowest BCUT2D eigenvalue weighted by Crippen LogP contribution is -2.88. The predicted molar refractivity (Wildman–Crippen MR) is 112 cm³/mol. The molecular formula is C23H28FN4O+. The van der Waals surface area contributed by atoms with Crippen molar-refractivity contribution in [2.24, 2.45) is 5.92 Å². The number of amides is 1. The quantitative estimate of drug-likeness (QED) is 0.643. The van der Waals surface area contributed by atoms with Crippen LogP contribution in [0.25, 0.3) is 5.69 Å². The van der Waals surface area contributed by atoms with Gasteiger partial charge < -0.3 is 10.6 Å². The summed E-state index contributed by atoms with van der Waals surface area (Å²) in [5.74, 6) is -0.0375. The van der Waals surface area contributed by atoms with Crippen molar-refractivity contribution in [3.05, 3.63) is 77.4 Å². The van der Waals surface area contributed by atoms with E-state index in [1.807, 2.05) is 54.2 Å². The fourth-order valence-electron chi connectivity index (χ4n) is 3.55. The number of hydrogen-bond donors (Lipinski definition) is 2. The van der Waals surface area contributed by atoms with Gasteiger partial charge in [0.05, 0.1) is 22.8 Å². The van der Waals surface area contributed by atoms with Crippen molar-refractivity contribution in [2.75, 3.05) is 11.9 Å². The molecule has 29 heavy (non-hydrogen) atoms. The van der Waals surface area contributed by atoms with Crippen molar-refractivity contribution in [2.45, 2.75) is 33.7 Å². The van der Waals surface area contributed by atoms with E-state index in [0.29, 0.717) is 5.92 Å². The molecule has 0 radical (unpaired) electrons. The number of hydrogen-bond acceptors (Lipinski definition) is 2. The topological polar surface area (TPSA) is 63.5 Å². The minimum atomic E-state index is -0.254. The highest BCUT2D eigenvalue weighted by Crippen LogP contribution is 2.22. The molecule has 0 saturated heterocycles. The van der Waals surface area contributed by atoms with Gasteiger partial charge in [0.2, 0.25) is 0 Å². The molecule has 0 aliphatic rings. The van der Waals surface area contributed by atoms with Crippen LogP contribution in [0, 0.1) is 25.6 Å². The third-order valence-corrected chi connectivity index (χ3v) is 5.09. The largest absolute Gasteiger partial charge is 0.332 e. The van der Waals surface area contributed by atoms with E-state index in [4.69, 9.17) is 0 Å². The van der Waals surface area contributed by atoms with Gasteiger partial charge in [0.15, 0.2) is 6.54 Å². The molecule has 3 N–H and O–H groups in total. The number of nitrogens with one attached hydrogen (secondary N) is 1. The van der Waals surface area contributed by atoms with Gasteiger partial charge in [0, 0.05) is 11.5 Å². The molecule has 0 aliphatic carbocycles. The fraction of sp³-hybridized carbons (Fsp3) is 0.304. The number of rotatable bonds is 7. The molecule has 152 valence electrons. The monoisotopic (exact) mass is 395 g/mol.